The molecule has 1 aromatic carbocycles. The van der Waals surface area contributed by atoms with Gasteiger partial charge in [0.2, 0.25) is 0 Å². The van der Waals surface area contributed by atoms with Crippen molar-refractivity contribution < 1.29 is 19.1 Å². The van der Waals surface area contributed by atoms with Crippen LogP contribution >= 0.6 is 0 Å². The Labute approximate surface area is 127 Å². The molecule has 114 valence electrons. The molecule has 0 atom stereocenters. The summed E-state index contributed by atoms with van der Waals surface area (Å²) >= 11 is 0. The van der Waals surface area contributed by atoms with Crippen LogP contribution in [0, 0.1) is 12.8 Å². The van der Waals surface area contributed by atoms with E-state index < -0.39 is 5.97 Å². The number of hydrogen-bond donors (Lipinski definition) is 2. The van der Waals surface area contributed by atoms with E-state index >= 15 is 0 Å². The van der Waals surface area contributed by atoms with E-state index in [1.54, 1.807) is 6.92 Å². The molecule has 6 heteroatoms. The first-order valence-corrected chi connectivity index (χ1v) is 7.11. The minimum atomic E-state index is -0.812. The van der Waals surface area contributed by atoms with Gasteiger partial charge in [-0.3, -0.25) is 9.59 Å². The normalized spacial score (nSPS) is 20.2. The highest BCUT2D eigenvalue weighted by atomic mass is 16.4. The van der Waals surface area contributed by atoms with E-state index in [4.69, 9.17) is 9.52 Å². The highest BCUT2D eigenvalue weighted by Crippen LogP contribution is 2.29. The third-order valence-electron chi connectivity index (χ3n) is 3.81. The predicted molar refractivity (Wildman–Crippen MR) is 78.3 cm³/mol. The van der Waals surface area contributed by atoms with Crippen molar-refractivity contribution in [1.82, 2.24) is 10.3 Å². The van der Waals surface area contributed by atoms with E-state index in [1.165, 1.54) is 0 Å². The van der Waals surface area contributed by atoms with Crippen LogP contribution in [0.4, 0.5) is 0 Å². The molecular weight excluding hydrogens is 284 g/mol. The number of nitrogens with one attached hydrogen (secondary N) is 1. The number of oxazole rings is 1. The van der Waals surface area contributed by atoms with Crippen LogP contribution in [-0.4, -0.2) is 28.0 Å². The number of rotatable bonds is 4. The highest BCUT2D eigenvalue weighted by molar-refractivity contribution is 5.98. The number of aryl methyl sites for hydroxylation is 1. The van der Waals surface area contributed by atoms with E-state index in [1.807, 2.05) is 30.3 Å². The van der Waals surface area contributed by atoms with Gasteiger partial charge in [0.05, 0.1) is 5.92 Å². The molecule has 1 aromatic heterocycles. The van der Waals surface area contributed by atoms with Crippen molar-refractivity contribution in [2.24, 2.45) is 5.92 Å². The summed E-state index contributed by atoms with van der Waals surface area (Å²) in [7, 11) is 0. The number of carbonyl (C=O) groups is 2. The van der Waals surface area contributed by atoms with Gasteiger partial charge < -0.3 is 14.8 Å². The second kappa shape index (κ2) is 5.63. The number of aromatic nitrogens is 1. The summed E-state index contributed by atoms with van der Waals surface area (Å²) in [4.78, 5) is 27.3. The van der Waals surface area contributed by atoms with Crippen molar-refractivity contribution in [2.45, 2.75) is 25.8 Å². The topological polar surface area (TPSA) is 92.4 Å². The molecule has 3 rings (SSSR count). The van der Waals surface area contributed by atoms with Crippen molar-refractivity contribution in [3.05, 3.63) is 41.9 Å². The van der Waals surface area contributed by atoms with Gasteiger partial charge in [-0.15, -0.1) is 0 Å². The molecule has 0 bridgehead atoms. The fourth-order valence-corrected chi connectivity index (χ4v) is 2.56. The van der Waals surface area contributed by atoms with Crippen molar-refractivity contribution >= 4 is 11.9 Å². The van der Waals surface area contributed by atoms with Gasteiger partial charge in [0.25, 0.3) is 5.91 Å². The highest BCUT2D eigenvalue weighted by Gasteiger charge is 2.36. The molecule has 0 spiro atoms. The average molecular weight is 300 g/mol. The second-order valence-corrected chi connectivity index (χ2v) is 5.45. The molecule has 22 heavy (non-hydrogen) atoms. The number of carboxylic acid groups (broad SMARTS) is 1. The van der Waals surface area contributed by atoms with Gasteiger partial charge in [0.1, 0.15) is 0 Å². The molecule has 1 aliphatic carbocycles. The number of benzene rings is 1. The molecule has 0 unspecified atom stereocenters. The lowest BCUT2D eigenvalue weighted by molar-refractivity contribution is -0.145. The summed E-state index contributed by atoms with van der Waals surface area (Å²) in [5.41, 5.74) is 1.02. The minimum Gasteiger partial charge on any atom is -0.481 e. The summed E-state index contributed by atoms with van der Waals surface area (Å²) in [5, 5.41) is 11.7. The smallest absolute Gasteiger partial charge is 0.306 e. The maximum Gasteiger partial charge on any atom is 0.306 e. The number of aliphatic carboxylic acids is 1. The first kappa shape index (κ1) is 14.3. The lowest BCUT2D eigenvalue weighted by Gasteiger charge is -2.32. The van der Waals surface area contributed by atoms with Crippen LogP contribution in [0.2, 0.25) is 0 Å². The summed E-state index contributed by atoms with van der Waals surface area (Å²) in [6.45, 7) is 1.69. The summed E-state index contributed by atoms with van der Waals surface area (Å²) in [5.74, 6) is -0.652. The molecule has 0 saturated heterocycles. The average Bonchev–Trinajstić information content (AvgIpc) is 2.85. The molecule has 1 heterocycles. The Kier molecular flexibility index (Phi) is 3.66. The zero-order chi connectivity index (χ0) is 15.7. The quantitative estimate of drug-likeness (QED) is 0.903. The van der Waals surface area contributed by atoms with Crippen molar-refractivity contribution in [3.63, 3.8) is 0 Å². The van der Waals surface area contributed by atoms with E-state index in [0.717, 1.165) is 5.56 Å². The second-order valence-electron chi connectivity index (χ2n) is 5.45. The van der Waals surface area contributed by atoms with E-state index in [-0.39, 0.29) is 23.6 Å². The van der Waals surface area contributed by atoms with Gasteiger partial charge in [0.15, 0.2) is 17.3 Å². The first-order chi connectivity index (χ1) is 10.5. The lowest BCUT2D eigenvalue weighted by Crippen LogP contribution is -2.46. The lowest BCUT2D eigenvalue weighted by atomic mass is 9.80. The van der Waals surface area contributed by atoms with Crippen molar-refractivity contribution in [1.29, 1.82) is 0 Å². The summed E-state index contributed by atoms with van der Waals surface area (Å²) in [6, 6.07) is 9.18. The maximum atomic E-state index is 12.4. The predicted octanol–water partition coefficient (Wildman–Crippen LogP) is 2.24. The van der Waals surface area contributed by atoms with Gasteiger partial charge >= 0.3 is 5.97 Å². The minimum absolute atomic E-state index is 0.116. The molecular formula is C16H16N2O4. The Bertz CT molecular complexity index is 702. The number of amides is 1. The molecule has 1 fully saturated rings. The fourth-order valence-electron chi connectivity index (χ4n) is 2.56. The van der Waals surface area contributed by atoms with Gasteiger partial charge in [-0.1, -0.05) is 30.3 Å². The van der Waals surface area contributed by atoms with Crippen LogP contribution in [-0.2, 0) is 4.79 Å². The third kappa shape index (κ3) is 2.72. The summed E-state index contributed by atoms with van der Waals surface area (Å²) < 4.78 is 5.55. The Hall–Kier alpha value is -2.63. The Balaban J connectivity index is 1.75. The van der Waals surface area contributed by atoms with Crippen LogP contribution in [0.15, 0.2) is 34.7 Å². The summed E-state index contributed by atoms with van der Waals surface area (Å²) in [6.07, 6.45) is 0.914. The van der Waals surface area contributed by atoms with Crippen LogP contribution in [0.3, 0.4) is 0 Å². The third-order valence-corrected chi connectivity index (χ3v) is 3.81. The van der Waals surface area contributed by atoms with Crippen LogP contribution in [0.1, 0.15) is 29.2 Å². The first-order valence-electron chi connectivity index (χ1n) is 7.11. The van der Waals surface area contributed by atoms with E-state index in [2.05, 4.69) is 10.3 Å². The SMILES string of the molecule is Cc1nc(C(=O)NC2CC(C(=O)O)C2)c(-c2ccccc2)o1. The van der Waals surface area contributed by atoms with Gasteiger partial charge in [-0.25, -0.2) is 4.98 Å². The van der Waals surface area contributed by atoms with Crippen molar-refractivity contribution in [2.75, 3.05) is 0 Å². The van der Waals surface area contributed by atoms with E-state index in [9.17, 15) is 9.59 Å². The zero-order valence-electron chi connectivity index (χ0n) is 12.1. The van der Waals surface area contributed by atoms with Gasteiger partial charge in [-0.05, 0) is 12.8 Å². The number of hydrogen-bond acceptors (Lipinski definition) is 4. The molecule has 1 saturated carbocycles. The molecule has 2 N–H and O–H groups in total. The van der Waals surface area contributed by atoms with Gasteiger partial charge in [-0.2, -0.15) is 0 Å². The van der Waals surface area contributed by atoms with Crippen molar-refractivity contribution in [3.8, 4) is 11.3 Å². The number of carboxylic acids is 1. The standard InChI is InChI=1S/C16H16N2O4/c1-9-17-13(14(22-9)10-5-3-2-4-6-10)15(19)18-12-7-11(8-12)16(20)21/h2-6,11-12H,7-8H2,1H3,(H,18,19)(H,20,21). The Morgan fingerprint density at radius 3 is 2.59 bits per heavy atom. The largest absolute Gasteiger partial charge is 0.481 e. The fraction of sp³-hybridized carbons (Fsp3) is 0.312. The molecule has 2 aromatic rings. The molecule has 0 aliphatic heterocycles. The van der Waals surface area contributed by atoms with Gasteiger partial charge in [0, 0.05) is 18.5 Å². The monoisotopic (exact) mass is 300 g/mol. The van der Waals surface area contributed by atoms with Crippen LogP contribution in [0.5, 0.6) is 0 Å². The van der Waals surface area contributed by atoms with E-state index in [0.29, 0.717) is 24.5 Å². The molecule has 1 aliphatic rings. The Morgan fingerprint density at radius 2 is 1.95 bits per heavy atom. The number of carbonyl (C=O) groups excluding carboxylic acids is 1. The molecule has 6 nitrogen and oxygen atoms in total. The zero-order valence-corrected chi connectivity index (χ0v) is 12.1. The molecule has 0 radical (unpaired) electrons. The van der Waals surface area contributed by atoms with Crippen LogP contribution in [0.25, 0.3) is 11.3 Å². The number of nitrogens with zero attached hydrogens (tertiary/aromatic N) is 1. The Morgan fingerprint density at radius 1 is 1.27 bits per heavy atom. The van der Waals surface area contributed by atoms with Crippen LogP contribution < -0.4 is 5.32 Å². The molecule has 1 amide bonds. The maximum absolute atomic E-state index is 12.4.